The van der Waals surface area contributed by atoms with Crippen molar-refractivity contribution in [1.29, 1.82) is 0 Å². The van der Waals surface area contributed by atoms with E-state index >= 15 is 0 Å². The van der Waals surface area contributed by atoms with Crippen LogP contribution in [0.3, 0.4) is 0 Å². The molecule has 166 valence electrons. The van der Waals surface area contributed by atoms with Crippen molar-refractivity contribution in [3.05, 3.63) is 6.42 Å². The van der Waals surface area contributed by atoms with Crippen LogP contribution in [0.5, 0.6) is 0 Å². The molecule has 2 aliphatic heterocycles. The Kier molecular flexibility index (Phi) is 15.8. The zero-order valence-electron chi connectivity index (χ0n) is 16.3. The van der Waals surface area contributed by atoms with Gasteiger partial charge in [-0.2, -0.15) is 0 Å². The van der Waals surface area contributed by atoms with E-state index < -0.39 is 78.1 Å². The largest absolute Gasteiger partial charge is 1.00 e. The second kappa shape index (κ2) is 14.3. The average molecular weight is 479 g/mol. The molecule has 0 radical (unpaired) electrons. The van der Waals surface area contributed by atoms with E-state index in [-0.39, 0.29) is 59.1 Å². The molecule has 14 nitrogen and oxygen atoms in total. The Morgan fingerprint density at radius 1 is 1.10 bits per heavy atom. The molecule has 2 aliphatic rings. The van der Waals surface area contributed by atoms with E-state index in [0.717, 1.165) is 6.42 Å². The third kappa shape index (κ3) is 10.3. The van der Waals surface area contributed by atoms with Gasteiger partial charge in [0.05, 0.1) is 24.8 Å². The normalized spacial score (nSPS) is 38.9. The van der Waals surface area contributed by atoms with E-state index in [1.165, 1.54) is 6.92 Å². The summed E-state index contributed by atoms with van der Waals surface area (Å²) in [5.41, 5.74) is 0. The van der Waals surface area contributed by atoms with E-state index in [1.807, 2.05) is 0 Å². The number of rotatable bonds is 4. The summed E-state index contributed by atoms with van der Waals surface area (Å²) in [5.74, 6) is -1.70. The molecule has 2 fully saturated rings. The first-order valence-corrected chi connectivity index (χ1v) is 9.16. The molecule has 2 rings (SSSR count). The number of carbonyl (C=O) groups is 1. The Bertz CT molecular complexity index is 613. The van der Waals surface area contributed by atoms with Gasteiger partial charge in [0.1, 0.15) is 24.4 Å². The molecule has 0 aromatic rings. The maximum absolute atomic E-state index is 10.9. The predicted octanol–water partition coefficient (Wildman–Crippen LogP) is -11.7. The van der Waals surface area contributed by atoms with Crippen molar-refractivity contribution in [2.45, 2.75) is 62.0 Å². The molecular weight excluding hydrogens is 458 g/mol. The number of hydrogen-bond acceptors (Lipinski definition) is 13. The van der Waals surface area contributed by atoms with Crippen molar-refractivity contribution in [2.75, 3.05) is 6.61 Å². The van der Waals surface area contributed by atoms with E-state index in [0.29, 0.717) is 0 Å². The summed E-state index contributed by atoms with van der Waals surface area (Å²) in [6.07, 6.45) is -11.4. The van der Waals surface area contributed by atoms with Gasteiger partial charge in [0.25, 0.3) is 0 Å². The number of hydrogen-bond donors (Lipinski definition) is 6. The van der Waals surface area contributed by atoms with Crippen LogP contribution in [0.1, 0.15) is 6.92 Å². The fraction of sp³-hybridized carbons (Fsp3) is 0.846. The Morgan fingerprint density at radius 2 is 1.60 bits per heavy atom. The molecule has 0 bridgehead atoms. The van der Waals surface area contributed by atoms with Crippen molar-refractivity contribution >= 4 is 16.4 Å². The van der Waals surface area contributed by atoms with E-state index in [9.17, 15) is 30.3 Å². The summed E-state index contributed by atoms with van der Waals surface area (Å²) in [7, 11) is -4.92. The topological polar surface area (TPSA) is 246 Å². The average Bonchev–Trinajstić information content (AvgIpc) is 2.54. The summed E-state index contributed by atoms with van der Waals surface area (Å²) in [6.45, 7) is 0.965. The van der Waals surface area contributed by atoms with Crippen LogP contribution >= 0.6 is 0 Å². The zero-order chi connectivity index (χ0) is 21.8. The summed E-state index contributed by atoms with van der Waals surface area (Å²) in [5, 5.41) is 59.5. The first kappa shape index (κ1) is 33.2. The first-order chi connectivity index (χ1) is 12.8. The van der Waals surface area contributed by atoms with Crippen LogP contribution in [0.25, 0.3) is 0 Å². The summed E-state index contributed by atoms with van der Waals surface area (Å²) < 4.78 is 48.3. The van der Waals surface area contributed by atoms with Gasteiger partial charge in [-0.3, -0.25) is 11.0 Å². The number of aliphatic carboxylic acids is 1. The number of aliphatic hydroxyl groups excluding tert-OH is 5. The summed E-state index contributed by atoms with van der Waals surface area (Å²) in [6, 6.07) is 0. The molecule has 0 aromatic heterocycles. The molecule has 0 saturated carbocycles. The van der Waals surface area contributed by atoms with Gasteiger partial charge < -0.3 is 54.2 Å². The van der Waals surface area contributed by atoms with Crippen molar-refractivity contribution in [1.82, 2.24) is 0 Å². The minimum absolute atomic E-state index is 0. The van der Waals surface area contributed by atoms with E-state index in [2.05, 4.69) is 0 Å². The zero-order valence-corrected chi connectivity index (χ0v) is 21.2. The van der Waals surface area contributed by atoms with Crippen LogP contribution < -0.4 is 64.2 Å². The maximum atomic E-state index is 10.9. The van der Waals surface area contributed by atoms with Gasteiger partial charge in [-0.25, -0.2) is 8.42 Å². The number of carboxylic acids is 1. The van der Waals surface area contributed by atoms with Crippen LogP contribution in [0.15, 0.2) is 0 Å². The smallest absolute Gasteiger partial charge is 0.726 e. The van der Waals surface area contributed by atoms with Crippen LogP contribution in [-0.2, 0) is 29.4 Å². The molecule has 0 spiro atoms. The maximum Gasteiger partial charge on any atom is 1.00 e. The van der Waals surface area contributed by atoms with Crippen LogP contribution in [0.4, 0.5) is 0 Å². The number of ether oxygens (including phenoxy) is 3. The van der Waals surface area contributed by atoms with E-state index in [1.54, 1.807) is 0 Å². The van der Waals surface area contributed by atoms with Crippen molar-refractivity contribution < 1.29 is 126 Å². The van der Waals surface area contributed by atoms with Crippen LogP contribution in [-0.4, -0.2) is 111 Å². The van der Waals surface area contributed by atoms with Gasteiger partial charge in [0.2, 0.25) is 10.4 Å². The van der Waals surface area contributed by atoms with Gasteiger partial charge in [-0.15, -0.1) is 0 Å². The molecule has 2 saturated heterocycles. The predicted molar refractivity (Wildman–Crippen MR) is 80.6 cm³/mol. The number of carbonyl (C=O) groups excluding carboxylic acids is 1. The molecule has 2 heterocycles. The van der Waals surface area contributed by atoms with Crippen LogP contribution in [0, 0.1) is 6.42 Å². The van der Waals surface area contributed by atoms with Gasteiger partial charge in [0, 0.05) is 0 Å². The molecular formula is C13H21Na2O14S-. The van der Waals surface area contributed by atoms with Crippen molar-refractivity contribution in [3.8, 4) is 0 Å². The summed E-state index contributed by atoms with van der Waals surface area (Å²) in [4.78, 5) is 10.9. The Hall–Kier alpha value is 1.02. The molecule has 30 heavy (non-hydrogen) atoms. The SMILES string of the molecule is C[C@@H]1OC(CO)[C@H](O)[C@H](O[C@@H]2OC(C(=O)[O-])[C@@H](O)[CH-]C2O)C1O.O=S(=O)([O-])O.[Na+].[Na+]. The third-order valence-electron chi connectivity index (χ3n) is 3.89. The fourth-order valence-electron chi connectivity index (χ4n) is 2.59. The molecule has 0 aromatic carbocycles. The summed E-state index contributed by atoms with van der Waals surface area (Å²) >= 11 is 0. The minimum Gasteiger partial charge on any atom is -0.726 e. The minimum atomic E-state index is -4.92. The standard InChI is InChI=1S/C13H21O10.2Na.H2O4S/c1-4-8(17)11(9(18)7(3-14)21-4)23-13-6(16)2-5(15)10(22-13)12(19)20;;;1-5(2,3)4/h2,4-11,13-18H,3H2,1H3,(H,19,20);;;(H2,1,2,3,4)/q-1;2*+1;/p-2/t4-,5-,6?,7?,8?,9-,10?,11+,13-;;;/m0.../s1. The number of carboxylic acid groups (broad SMARTS) is 1. The Balaban J connectivity index is 0. The molecule has 4 unspecified atom stereocenters. The molecule has 6 N–H and O–H groups in total. The third-order valence-corrected chi connectivity index (χ3v) is 3.89. The van der Waals surface area contributed by atoms with Crippen molar-refractivity contribution in [3.63, 3.8) is 0 Å². The van der Waals surface area contributed by atoms with Gasteiger partial charge in [-0.1, -0.05) is 0 Å². The Morgan fingerprint density at radius 3 is 2.03 bits per heavy atom. The second-order valence-corrected chi connectivity index (χ2v) is 6.85. The second-order valence-electron chi connectivity index (χ2n) is 5.99. The van der Waals surface area contributed by atoms with Gasteiger partial charge >= 0.3 is 59.1 Å². The monoisotopic (exact) mass is 479 g/mol. The van der Waals surface area contributed by atoms with E-state index in [4.69, 9.17) is 36.8 Å². The van der Waals surface area contributed by atoms with Gasteiger partial charge in [0.15, 0.2) is 6.29 Å². The van der Waals surface area contributed by atoms with Gasteiger partial charge in [-0.05, 0) is 19.1 Å². The van der Waals surface area contributed by atoms with Crippen LogP contribution in [0.2, 0.25) is 0 Å². The number of aliphatic hydroxyl groups is 5. The quantitative estimate of drug-likeness (QED) is 0.0948. The Labute approximate surface area is 216 Å². The fourth-order valence-corrected chi connectivity index (χ4v) is 2.59. The molecule has 0 amide bonds. The molecule has 0 aliphatic carbocycles. The molecule has 17 heteroatoms. The van der Waals surface area contributed by atoms with Crippen molar-refractivity contribution in [2.24, 2.45) is 0 Å². The molecule has 9 atom stereocenters. The first-order valence-electron chi connectivity index (χ1n) is 7.79.